The normalized spacial score (nSPS) is 10.2. The van der Waals surface area contributed by atoms with Crippen LogP contribution in [0.2, 0.25) is 0 Å². The Morgan fingerprint density at radius 1 is 1.09 bits per heavy atom. The largest absolute Gasteiger partial charge is 0.295 e. The van der Waals surface area contributed by atoms with Crippen molar-refractivity contribution in [2.45, 2.75) is 0 Å². The molecule has 1 aromatic carbocycles. The summed E-state index contributed by atoms with van der Waals surface area (Å²) in [4.78, 5) is 22.6. The van der Waals surface area contributed by atoms with Crippen LogP contribution in [0.3, 0.4) is 0 Å². The van der Waals surface area contributed by atoms with Gasteiger partial charge in [0.15, 0.2) is 5.82 Å². The summed E-state index contributed by atoms with van der Waals surface area (Å²) in [7, 11) is 1.61. The SMILES string of the molecule is CN(C(=O)c1cccc2ncccc12)c1ncccc1C#N. The molecule has 0 N–H and O–H groups in total. The second-order valence-corrected chi connectivity index (χ2v) is 4.73. The lowest BCUT2D eigenvalue weighted by atomic mass is 10.1. The van der Waals surface area contributed by atoms with Gasteiger partial charge in [0, 0.05) is 30.4 Å². The van der Waals surface area contributed by atoms with E-state index >= 15 is 0 Å². The highest BCUT2D eigenvalue weighted by molar-refractivity contribution is 6.13. The summed E-state index contributed by atoms with van der Waals surface area (Å²) in [6.07, 6.45) is 3.25. The van der Waals surface area contributed by atoms with Gasteiger partial charge in [-0.3, -0.25) is 14.7 Å². The number of amides is 1. The summed E-state index contributed by atoms with van der Waals surface area (Å²) in [5, 5.41) is 9.93. The van der Waals surface area contributed by atoms with E-state index in [9.17, 15) is 4.79 Å². The van der Waals surface area contributed by atoms with Crippen LogP contribution < -0.4 is 4.90 Å². The van der Waals surface area contributed by atoms with Gasteiger partial charge in [-0.25, -0.2) is 4.98 Å². The molecule has 5 heteroatoms. The number of rotatable bonds is 2. The summed E-state index contributed by atoms with van der Waals surface area (Å²) in [6, 6.07) is 14.4. The fourth-order valence-electron chi connectivity index (χ4n) is 2.32. The highest BCUT2D eigenvalue weighted by Crippen LogP contribution is 2.21. The number of pyridine rings is 2. The summed E-state index contributed by atoms with van der Waals surface area (Å²) < 4.78 is 0. The molecule has 3 aromatic rings. The Bertz CT molecular complexity index is 893. The van der Waals surface area contributed by atoms with Crippen molar-refractivity contribution in [3.8, 4) is 6.07 Å². The Morgan fingerprint density at radius 3 is 2.68 bits per heavy atom. The predicted octanol–water partition coefficient (Wildman–Crippen LogP) is 2.78. The van der Waals surface area contributed by atoms with E-state index in [4.69, 9.17) is 5.26 Å². The Balaban J connectivity index is 2.08. The predicted molar refractivity (Wildman–Crippen MR) is 83.4 cm³/mol. The standard InChI is InChI=1S/C17H12N4O/c1-21(16-12(11-18)5-3-10-20-16)17(22)14-6-2-8-15-13(14)7-4-9-19-15/h2-10H,1H3. The molecule has 106 valence electrons. The smallest absolute Gasteiger partial charge is 0.259 e. The number of nitriles is 1. The van der Waals surface area contributed by atoms with Gasteiger partial charge in [-0.15, -0.1) is 0 Å². The number of carbonyl (C=O) groups excluding carboxylic acids is 1. The van der Waals surface area contributed by atoms with Gasteiger partial charge in [0.2, 0.25) is 0 Å². The Hall–Kier alpha value is -3.26. The molecule has 2 heterocycles. The molecule has 0 aliphatic rings. The van der Waals surface area contributed by atoms with Crippen LogP contribution in [0.5, 0.6) is 0 Å². The molecule has 2 aromatic heterocycles. The number of benzene rings is 1. The first-order chi connectivity index (χ1) is 10.7. The molecule has 0 radical (unpaired) electrons. The Labute approximate surface area is 127 Å². The van der Waals surface area contributed by atoms with Crippen LogP contribution in [-0.2, 0) is 0 Å². The maximum atomic E-state index is 12.8. The molecule has 0 saturated heterocycles. The second-order valence-electron chi connectivity index (χ2n) is 4.73. The molecule has 0 bridgehead atoms. The minimum Gasteiger partial charge on any atom is -0.295 e. The first-order valence-electron chi connectivity index (χ1n) is 6.69. The maximum Gasteiger partial charge on any atom is 0.259 e. The minimum atomic E-state index is -0.228. The third-order valence-corrected chi connectivity index (χ3v) is 3.41. The quantitative estimate of drug-likeness (QED) is 0.727. The summed E-state index contributed by atoms with van der Waals surface area (Å²) in [6.45, 7) is 0. The van der Waals surface area contributed by atoms with Crippen LogP contribution >= 0.6 is 0 Å². The highest BCUT2D eigenvalue weighted by atomic mass is 16.2. The van der Waals surface area contributed by atoms with Crippen molar-refractivity contribution >= 4 is 22.6 Å². The zero-order chi connectivity index (χ0) is 15.5. The minimum absolute atomic E-state index is 0.228. The zero-order valence-corrected chi connectivity index (χ0v) is 11.9. The van der Waals surface area contributed by atoms with Crippen molar-refractivity contribution in [2.24, 2.45) is 0 Å². The zero-order valence-electron chi connectivity index (χ0n) is 11.9. The van der Waals surface area contributed by atoms with Crippen LogP contribution in [0.15, 0.2) is 54.9 Å². The fourth-order valence-corrected chi connectivity index (χ4v) is 2.32. The monoisotopic (exact) mass is 288 g/mol. The van der Waals surface area contributed by atoms with Crippen LogP contribution in [0.1, 0.15) is 15.9 Å². The number of hydrogen-bond acceptors (Lipinski definition) is 4. The van der Waals surface area contributed by atoms with Crippen molar-refractivity contribution in [1.29, 1.82) is 5.26 Å². The van der Waals surface area contributed by atoms with Crippen molar-refractivity contribution in [3.05, 3.63) is 66.0 Å². The van der Waals surface area contributed by atoms with E-state index in [2.05, 4.69) is 16.0 Å². The van der Waals surface area contributed by atoms with Crippen LogP contribution in [-0.4, -0.2) is 22.9 Å². The number of anilines is 1. The summed E-state index contributed by atoms with van der Waals surface area (Å²) in [5.74, 6) is 0.115. The first kappa shape index (κ1) is 13.7. The average Bonchev–Trinajstić information content (AvgIpc) is 2.60. The molecule has 22 heavy (non-hydrogen) atoms. The number of nitrogens with zero attached hydrogens (tertiary/aromatic N) is 4. The van der Waals surface area contributed by atoms with E-state index in [1.807, 2.05) is 12.1 Å². The fraction of sp³-hybridized carbons (Fsp3) is 0.0588. The Kier molecular flexibility index (Phi) is 3.50. The van der Waals surface area contributed by atoms with Gasteiger partial charge < -0.3 is 0 Å². The highest BCUT2D eigenvalue weighted by Gasteiger charge is 2.19. The van der Waals surface area contributed by atoms with Crippen LogP contribution in [0.25, 0.3) is 10.9 Å². The van der Waals surface area contributed by atoms with Crippen LogP contribution in [0.4, 0.5) is 5.82 Å². The number of hydrogen-bond donors (Lipinski definition) is 0. The summed E-state index contributed by atoms with van der Waals surface area (Å²) in [5.41, 5.74) is 1.64. The van der Waals surface area contributed by atoms with E-state index in [1.54, 1.807) is 49.8 Å². The van der Waals surface area contributed by atoms with Gasteiger partial charge in [0.25, 0.3) is 5.91 Å². The molecular weight excluding hydrogens is 276 g/mol. The topological polar surface area (TPSA) is 69.9 Å². The van der Waals surface area contributed by atoms with Crippen molar-refractivity contribution < 1.29 is 4.79 Å². The molecule has 0 spiro atoms. The third kappa shape index (κ3) is 2.27. The van der Waals surface area contributed by atoms with E-state index in [0.29, 0.717) is 16.9 Å². The lowest BCUT2D eigenvalue weighted by Gasteiger charge is -2.18. The van der Waals surface area contributed by atoms with Gasteiger partial charge in [-0.05, 0) is 30.3 Å². The van der Waals surface area contributed by atoms with Gasteiger partial charge in [-0.1, -0.05) is 12.1 Å². The van der Waals surface area contributed by atoms with Crippen molar-refractivity contribution in [1.82, 2.24) is 9.97 Å². The van der Waals surface area contributed by atoms with Crippen molar-refractivity contribution in [2.75, 3.05) is 11.9 Å². The van der Waals surface area contributed by atoms with E-state index in [-0.39, 0.29) is 5.91 Å². The molecule has 0 unspecified atom stereocenters. The molecule has 5 nitrogen and oxygen atoms in total. The molecule has 0 saturated carbocycles. The van der Waals surface area contributed by atoms with Gasteiger partial charge >= 0.3 is 0 Å². The van der Waals surface area contributed by atoms with E-state index < -0.39 is 0 Å². The number of carbonyl (C=O) groups is 1. The number of aromatic nitrogens is 2. The molecule has 1 amide bonds. The third-order valence-electron chi connectivity index (χ3n) is 3.41. The van der Waals surface area contributed by atoms with Gasteiger partial charge in [-0.2, -0.15) is 5.26 Å². The summed E-state index contributed by atoms with van der Waals surface area (Å²) >= 11 is 0. The van der Waals surface area contributed by atoms with Gasteiger partial charge in [0.1, 0.15) is 6.07 Å². The molecule has 0 fully saturated rings. The molecule has 0 atom stereocenters. The first-order valence-corrected chi connectivity index (χ1v) is 6.69. The number of fused-ring (bicyclic) bond motifs is 1. The Morgan fingerprint density at radius 2 is 1.86 bits per heavy atom. The molecular formula is C17H12N4O. The average molecular weight is 288 g/mol. The van der Waals surface area contributed by atoms with E-state index in [0.717, 1.165) is 10.9 Å². The van der Waals surface area contributed by atoms with Crippen molar-refractivity contribution in [3.63, 3.8) is 0 Å². The van der Waals surface area contributed by atoms with Gasteiger partial charge in [0.05, 0.1) is 11.1 Å². The lowest BCUT2D eigenvalue weighted by molar-refractivity contribution is 0.0994. The van der Waals surface area contributed by atoms with Crippen LogP contribution in [0, 0.1) is 11.3 Å². The lowest BCUT2D eigenvalue weighted by Crippen LogP contribution is -2.28. The molecule has 0 aliphatic carbocycles. The molecule has 0 aliphatic heterocycles. The van der Waals surface area contributed by atoms with E-state index in [1.165, 1.54) is 4.90 Å². The molecule has 3 rings (SSSR count). The maximum absolute atomic E-state index is 12.8. The second kappa shape index (κ2) is 5.62.